The van der Waals surface area contributed by atoms with Gasteiger partial charge in [0.1, 0.15) is 4.83 Å². The van der Waals surface area contributed by atoms with E-state index in [2.05, 4.69) is 10.3 Å². The summed E-state index contributed by atoms with van der Waals surface area (Å²) in [4.78, 5) is 43.8. The number of benzene rings is 1. The van der Waals surface area contributed by atoms with E-state index in [1.54, 1.807) is 35.1 Å². The van der Waals surface area contributed by atoms with E-state index in [9.17, 15) is 14.4 Å². The number of ketones is 1. The average molecular weight is 426 g/mol. The first kappa shape index (κ1) is 18.6. The minimum atomic E-state index is -0.0196. The second-order valence-electron chi connectivity index (χ2n) is 7.43. The van der Waals surface area contributed by atoms with Crippen molar-refractivity contribution in [1.29, 1.82) is 0 Å². The molecule has 0 unspecified atom stereocenters. The predicted octanol–water partition coefficient (Wildman–Crippen LogP) is 3.34. The molecule has 29 heavy (non-hydrogen) atoms. The molecule has 8 heteroatoms. The summed E-state index contributed by atoms with van der Waals surface area (Å²) in [6.07, 6.45) is 4.17. The van der Waals surface area contributed by atoms with Gasteiger partial charge in [-0.3, -0.25) is 19.0 Å². The highest BCUT2D eigenvalue weighted by molar-refractivity contribution is 7.99. The Morgan fingerprint density at radius 3 is 2.97 bits per heavy atom. The molecule has 0 atom stereocenters. The normalized spacial score (nSPS) is 15.3. The lowest BCUT2D eigenvalue weighted by molar-refractivity contribution is -0.116. The molecule has 1 N–H and O–H groups in total. The summed E-state index contributed by atoms with van der Waals surface area (Å²) in [5, 5.41) is 4.16. The van der Waals surface area contributed by atoms with Crippen LogP contribution >= 0.6 is 23.1 Å². The molecule has 0 saturated heterocycles. The minimum Gasteiger partial charge on any atom is -0.326 e. The van der Waals surface area contributed by atoms with Crippen LogP contribution in [0.1, 0.15) is 39.2 Å². The first-order chi connectivity index (χ1) is 14.0. The Labute approximate surface area is 175 Å². The third-order valence-electron chi connectivity index (χ3n) is 5.56. The lowest BCUT2D eigenvalue weighted by atomic mass is 9.99. The molecule has 2 aliphatic rings. The van der Waals surface area contributed by atoms with Crippen LogP contribution in [-0.4, -0.2) is 27.0 Å². The lowest BCUT2D eigenvalue weighted by Crippen LogP contribution is -2.21. The third kappa shape index (κ3) is 3.20. The SMILES string of the molecule is Cn1c(SCC(=O)c2ccc3c(c2)CCC(=O)N3)nc2sc3c(c2c1=O)CCC3. The molecule has 0 fully saturated rings. The van der Waals surface area contributed by atoms with Gasteiger partial charge < -0.3 is 5.32 Å². The molecule has 3 heterocycles. The zero-order valence-corrected chi connectivity index (χ0v) is 17.5. The zero-order valence-electron chi connectivity index (χ0n) is 15.9. The van der Waals surface area contributed by atoms with Crippen LogP contribution in [0.15, 0.2) is 28.2 Å². The number of rotatable bonds is 4. The molecule has 1 aliphatic carbocycles. The van der Waals surface area contributed by atoms with E-state index in [1.807, 2.05) is 6.07 Å². The number of fused-ring (bicyclic) bond motifs is 4. The number of hydrogen-bond acceptors (Lipinski definition) is 6. The fraction of sp³-hybridized carbons (Fsp3) is 0.333. The van der Waals surface area contributed by atoms with E-state index in [-0.39, 0.29) is 23.0 Å². The predicted molar refractivity (Wildman–Crippen MR) is 115 cm³/mol. The Morgan fingerprint density at radius 1 is 1.24 bits per heavy atom. The molecular weight excluding hydrogens is 406 g/mol. The second kappa shape index (κ2) is 7.11. The van der Waals surface area contributed by atoms with Gasteiger partial charge in [0.15, 0.2) is 10.9 Å². The van der Waals surface area contributed by atoms with Crippen molar-refractivity contribution in [3.8, 4) is 0 Å². The van der Waals surface area contributed by atoms with Crippen molar-refractivity contribution in [2.45, 2.75) is 37.3 Å². The Balaban J connectivity index is 1.38. The monoisotopic (exact) mass is 425 g/mol. The van der Waals surface area contributed by atoms with Gasteiger partial charge in [-0.15, -0.1) is 11.3 Å². The van der Waals surface area contributed by atoms with E-state index >= 15 is 0 Å². The molecule has 0 saturated carbocycles. The molecule has 5 rings (SSSR count). The van der Waals surface area contributed by atoms with Crippen molar-refractivity contribution >= 4 is 50.7 Å². The van der Waals surface area contributed by atoms with Gasteiger partial charge in [-0.2, -0.15) is 0 Å². The van der Waals surface area contributed by atoms with Crippen molar-refractivity contribution in [2.75, 3.05) is 11.1 Å². The number of thiophene rings is 1. The van der Waals surface area contributed by atoms with E-state index < -0.39 is 0 Å². The van der Waals surface area contributed by atoms with Gasteiger partial charge in [-0.1, -0.05) is 11.8 Å². The number of nitrogens with zero attached hydrogens (tertiary/aromatic N) is 2. The first-order valence-corrected chi connectivity index (χ1v) is 11.4. The highest BCUT2D eigenvalue weighted by atomic mass is 32.2. The van der Waals surface area contributed by atoms with Crippen molar-refractivity contribution in [2.24, 2.45) is 7.05 Å². The number of carbonyl (C=O) groups is 2. The molecule has 1 amide bonds. The summed E-state index contributed by atoms with van der Waals surface area (Å²) in [7, 11) is 1.72. The van der Waals surface area contributed by atoms with E-state index in [0.29, 0.717) is 23.6 Å². The fourth-order valence-corrected chi connectivity index (χ4v) is 6.17. The number of nitrogens with one attached hydrogen (secondary N) is 1. The van der Waals surface area contributed by atoms with E-state index in [1.165, 1.54) is 22.2 Å². The molecular formula is C21H19N3O3S2. The summed E-state index contributed by atoms with van der Waals surface area (Å²) >= 11 is 2.91. The Hall–Kier alpha value is -2.45. The maximum atomic E-state index is 12.9. The molecule has 3 aromatic rings. The van der Waals surface area contributed by atoms with Crippen LogP contribution in [0.25, 0.3) is 10.2 Å². The van der Waals surface area contributed by atoms with Crippen LogP contribution in [0.3, 0.4) is 0 Å². The lowest BCUT2D eigenvalue weighted by Gasteiger charge is -2.17. The molecule has 1 aromatic carbocycles. The van der Waals surface area contributed by atoms with E-state index in [4.69, 9.17) is 0 Å². The van der Waals surface area contributed by atoms with Crippen LogP contribution in [0.5, 0.6) is 0 Å². The maximum absolute atomic E-state index is 12.9. The molecule has 148 valence electrons. The number of aromatic nitrogens is 2. The summed E-state index contributed by atoms with van der Waals surface area (Å²) in [5.41, 5.74) is 3.54. The Kier molecular flexibility index (Phi) is 4.55. The van der Waals surface area contributed by atoms with Crippen LogP contribution in [-0.2, 0) is 31.1 Å². The second-order valence-corrected chi connectivity index (χ2v) is 9.45. The molecule has 1 aliphatic heterocycles. The van der Waals surface area contributed by atoms with Gasteiger partial charge in [0.05, 0.1) is 11.1 Å². The van der Waals surface area contributed by atoms with Crippen LogP contribution in [0.4, 0.5) is 5.69 Å². The maximum Gasteiger partial charge on any atom is 0.262 e. The number of aryl methyl sites for hydroxylation is 3. The van der Waals surface area contributed by atoms with Crippen molar-refractivity contribution in [3.05, 3.63) is 50.1 Å². The summed E-state index contributed by atoms with van der Waals surface area (Å²) < 4.78 is 1.56. The van der Waals surface area contributed by atoms with Crippen LogP contribution in [0.2, 0.25) is 0 Å². The largest absolute Gasteiger partial charge is 0.326 e. The van der Waals surface area contributed by atoms with Gasteiger partial charge in [-0.05, 0) is 55.0 Å². The van der Waals surface area contributed by atoms with Gasteiger partial charge in [-0.25, -0.2) is 4.98 Å². The molecule has 2 aromatic heterocycles. The van der Waals surface area contributed by atoms with Gasteiger partial charge >= 0.3 is 0 Å². The standard InChI is InChI=1S/C21H19N3O3S2/c1-24-20(27)18-13-3-2-4-16(13)29-19(18)23-21(24)28-10-15(25)12-5-7-14-11(9-12)6-8-17(26)22-14/h5,7,9H,2-4,6,8,10H2,1H3,(H,22,26). The van der Waals surface area contributed by atoms with E-state index in [0.717, 1.165) is 40.7 Å². The highest BCUT2D eigenvalue weighted by Crippen LogP contribution is 2.35. The van der Waals surface area contributed by atoms with Gasteiger partial charge in [0.2, 0.25) is 5.91 Å². The smallest absolute Gasteiger partial charge is 0.262 e. The molecule has 0 bridgehead atoms. The summed E-state index contributed by atoms with van der Waals surface area (Å²) in [6, 6.07) is 5.39. The number of anilines is 1. The molecule has 6 nitrogen and oxygen atoms in total. The number of Topliss-reactive ketones (excluding diaryl/α,β-unsaturated/α-hetero) is 1. The number of carbonyl (C=O) groups excluding carboxylic acids is 2. The highest BCUT2D eigenvalue weighted by Gasteiger charge is 2.23. The van der Waals surface area contributed by atoms with Crippen molar-refractivity contribution in [1.82, 2.24) is 9.55 Å². The number of hydrogen-bond donors (Lipinski definition) is 1. The minimum absolute atomic E-state index is 0.00840. The third-order valence-corrected chi connectivity index (χ3v) is 7.78. The Morgan fingerprint density at radius 2 is 2.10 bits per heavy atom. The van der Waals surface area contributed by atoms with Gasteiger partial charge in [0, 0.05) is 29.6 Å². The zero-order chi connectivity index (χ0) is 20.1. The number of amides is 1. The van der Waals surface area contributed by atoms with Crippen LogP contribution in [0, 0.1) is 0 Å². The molecule has 0 spiro atoms. The van der Waals surface area contributed by atoms with Gasteiger partial charge in [0.25, 0.3) is 5.56 Å². The van der Waals surface area contributed by atoms with Crippen LogP contribution < -0.4 is 10.9 Å². The fourth-order valence-electron chi connectivity index (χ4n) is 4.00. The first-order valence-electron chi connectivity index (χ1n) is 9.61. The van der Waals surface area contributed by atoms with Crippen molar-refractivity contribution in [3.63, 3.8) is 0 Å². The molecule has 0 radical (unpaired) electrons. The van der Waals surface area contributed by atoms with Crippen molar-refractivity contribution < 1.29 is 9.59 Å². The average Bonchev–Trinajstić information content (AvgIpc) is 3.29. The number of thioether (sulfide) groups is 1. The summed E-state index contributed by atoms with van der Waals surface area (Å²) in [6.45, 7) is 0. The quantitative estimate of drug-likeness (QED) is 0.394. The summed E-state index contributed by atoms with van der Waals surface area (Å²) in [5.74, 6) is 0.203. The Bertz CT molecular complexity index is 1240. The topological polar surface area (TPSA) is 81.1 Å².